The fourth-order valence-corrected chi connectivity index (χ4v) is 4.75. The summed E-state index contributed by atoms with van der Waals surface area (Å²) in [5.41, 5.74) is 0.907. The Labute approximate surface area is 179 Å². The number of nitrogens with zero attached hydrogens (tertiary/aromatic N) is 2. The topological polar surface area (TPSA) is 110 Å². The molecule has 0 aliphatic carbocycles. The van der Waals surface area contributed by atoms with Gasteiger partial charge in [0.25, 0.3) is 6.47 Å². The quantitative estimate of drug-likeness (QED) is 0.358. The van der Waals surface area contributed by atoms with Gasteiger partial charge in [0.2, 0.25) is 9.84 Å². The van der Waals surface area contributed by atoms with Gasteiger partial charge in [-0.1, -0.05) is 18.2 Å². The highest BCUT2D eigenvalue weighted by atomic mass is 32.2. The van der Waals surface area contributed by atoms with Crippen molar-refractivity contribution in [1.82, 2.24) is 9.97 Å². The van der Waals surface area contributed by atoms with Crippen molar-refractivity contribution in [2.75, 3.05) is 23.8 Å². The molecule has 0 spiro atoms. The summed E-state index contributed by atoms with van der Waals surface area (Å²) in [6.45, 7) is 5.00. The zero-order valence-electron chi connectivity index (χ0n) is 16.6. The second-order valence-corrected chi connectivity index (χ2v) is 9.58. The van der Waals surface area contributed by atoms with Crippen molar-refractivity contribution in [2.45, 2.75) is 30.1 Å². The van der Waals surface area contributed by atoms with E-state index in [1.54, 1.807) is 30.3 Å². The Morgan fingerprint density at radius 1 is 1.07 bits per heavy atom. The van der Waals surface area contributed by atoms with Crippen molar-refractivity contribution >= 4 is 44.4 Å². The molecule has 0 amide bonds. The molecule has 2 aromatic heterocycles. The third-order valence-corrected chi connectivity index (χ3v) is 6.98. The lowest BCUT2D eigenvalue weighted by Gasteiger charge is -2.12. The second-order valence-electron chi connectivity index (χ2n) is 6.42. The van der Waals surface area contributed by atoms with Gasteiger partial charge in [-0.05, 0) is 38.5 Å². The molecule has 3 rings (SSSR count). The standard InChI is InChI=1S/C20H22N4O4S2/c1-14-15(2)29-20(22-14)24-19-12-17(30(26,27)16-7-4-3-5-8-16)11-18(23-19)21-9-6-10-28-13-25/h3-5,7-8,11-13H,6,9-10H2,1-2H3,(H2,21,22,23,24). The van der Waals surface area contributed by atoms with E-state index in [-0.39, 0.29) is 16.4 Å². The van der Waals surface area contributed by atoms with Gasteiger partial charge >= 0.3 is 0 Å². The number of carbonyl (C=O) groups excluding carboxylic acids is 1. The molecule has 0 aliphatic heterocycles. The van der Waals surface area contributed by atoms with Gasteiger partial charge in [0.05, 0.1) is 22.1 Å². The van der Waals surface area contributed by atoms with Crippen LogP contribution in [0.5, 0.6) is 0 Å². The number of aryl methyl sites for hydroxylation is 2. The van der Waals surface area contributed by atoms with Gasteiger partial charge in [-0.3, -0.25) is 4.79 Å². The van der Waals surface area contributed by atoms with Crippen LogP contribution in [0, 0.1) is 13.8 Å². The largest absolute Gasteiger partial charge is 0.468 e. The van der Waals surface area contributed by atoms with E-state index in [1.807, 2.05) is 13.8 Å². The van der Waals surface area contributed by atoms with Gasteiger partial charge in [-0.2, -0.15) is 0 Å². The van der Waals surface area contributed by atoms with Crippen LogP contribution in [0.4, 0.5) is 16.8 Å². The maximum atomic E-state index is 13.1. The third-order valence-electron chi connectivity index (χ3n) is 4.24. The summed E-state index contributed by atoms with van der Waals surface area (Å²) in [7, 11) is -3.73. The van der Waals surface area contributed by atoms with Crippen molar-refractivity contribution in [2.24, 2.45) is 0 Å². The first-order chi connectivity index (χ1) is 14.4. The molecule has 0 bridgehead atoms. The molecule has 10 heteroatoms. The first-order valence-electron chi connectivity index (χ1n) is 9.22. The van der Waals surface area contributed by atoms with Gasteiger partial charge < -0.3 is 15.4 Å². The number of sulfone groups is 1. The summed E-state index contributed by atoms with van der Waals surface area (Å²) < 4.78 is 30.9. The van der Waals surface area contributed by atoms with Crippen LogP contribution in [-0.4, -0.2) is 38.0 Å². The molecule has 2 N–H and O–H groups in total. The number of anilines is 3. The maximum Gasteiger partial charge on any atom is 0.293 e. The van der Waals surface area contributed by atoms with Crippen LogP contribution in [0.25, 0.3) is 0 Å². The van der Waals surface area contributed by atoms with Crippen LogP contribution in [0.1, 0.15) is 17.0 Å². The number of aromatic nitrogens is 2. The van der Waals surface area contributed by atoms with Crippen LogP contribution >= 0.6 is 11.3 Å². The Morgan fingerprint density at radius 2 is 1.80 bits per heavy atom. The number of pyridine rings is 1. The van der Waals surface area contributed by atoms with Crippen LogP contribution < -0.4 is 10.6 Å². The predicted octanol–water partition coefficient (Wildman–Crippen LogP) is 3.71. The number of nitrogens with one attached hydrogen (secondary N) is 2. The normalized spacial score (nSPS) is 11.1. The predicted molar refractivity (Wildman–Crippen MR) is 116 cm³/mol. The molecule has 0 fully saturated rings. The van der Waals surface area contributed by atoms with E-state index in [9.17, 15) is 13.2 Å². The average Bonchev–Trinajstić information content (AvgIpc) is 3.05. The Kier molecular flexibility index (Phi) is 7.01. The molecular formula is C20H22N4O4S2. The number of benzene rings is 1. The number of carbonyl (C=O) groups is 1. The first kappa shape index (κ1) is 21.7. The molecule has 0 aliphatic rings. The van der Waals surface area contributed by atoms with E-state index in [0.29, 0.717) is 36.2 Å². The van der Waals surface area contributed by atoms with Crippen molar-refractivity contribution in [3.8, 4) is 0 Å². The first-order valence-corrected chi connectivity index (χ1v) is 11.5. The van der Waals surface area contributed by atoms with Gasteiger partial charge in [0.15, 0.2) is 5.13 Å². The summed E-state index contributed by atoms with van der Waals surface area (Å²) >= 11 is 1.47. The molecule has 0 atom stereocenters. The fourth-order valence-electron chi connectivity index (χ4n) is 2.61. The van der Waals surface area contributed by atoms with Crippen molar-refractivity contribution in [3.63, 3.8) is 0 Å². The summed E-state index contributed by atoms with van der Waals surface area (Å²) in [6.07, 6.45) is 0.559. The number of rotatable bonds is 10. The molecular weight excluding hydrogens is 424 g/mol. The molecule has 30 heavy (non-hydrogen) atoms. The van der Waals surface area contributed by atoms with Crippen LogP contribution in [0.15, 0.2) is 52.3 Å². The number of hydrogen-bond acceptors (Lipinski definition) is 9. The smallest absolute Gasteiger partial charge is 0.293 e. The molecule has 1 aromatic carbocycles. The third kappa shape index (κ3) is 5.33. The lowest BCUT2D eigenvalue weighted by molar-refractivity contribution is -0.128. The van der Waals surface area contributed by atoms with E-state index < -0.39 is 9.84 Å². The monoisotopic (exact) mass is 446 g/mol. The van der Waals surface area contributed by atoms with Gasteiger partial charge in [0, 0.05) is 17.5 Å². The summed E-state index contributed by atoms with van der Waals surface area (Å²) in [5.74, 6) is 0.762. The van der Waals surface area contributed by atoms with Gasteiger partial charge in [-0.15, -0.1) is 11.3 Å². The molecule has 0 saturated heterocycles. The van der Waals surface area contributed by atoms with Crippen molar-refractivity contribution in [1.29, 1.82) is 0 Å². The minimum Gasteiger partial charge on any atom is -0.468 e. The Morgan fingerprint density at radius 3 is 2.47 bits per heavy atom. The zero-order valence-corrected chi connectivity index (χ0v) is 18.2. The fraction of sp³-hybridized carbons (Fsp3) is 0.250. The lowest BCUT2D eigenvalue weighted by Crippen LogP contribution is -2.10. The minimum absolute atomic E-state index is 0.114. The maximum absolute atomic E-state index is 13.1. The average molecular weight is 447 g/mol. The van der Waals surface area contributed by atoms with Crippen LogP contribution in [0.2, 0.25) is 0 Å². The lowest BCUT2D eigenvalue weighted by atomic mass is 10.4. The van der Waals surface area contributed by atoms with Crippen LogP contribution in [-0.2, 0) is 19.4 Å². The van der Waals surface area contributed by atoms with Gasteiger partial charge in [0.1, 0.15) is 11.6 Å². The molecule has 0 saturated carbocycles. The Hall–Kier alpha value is -2.98. The molecule has 3 aromatic rings. The minimum atomic E-state index is -3.73. The second kappa shape index (κ2) is 9.68. The Balaban J connectivity index is 1.92. The van der Waals surface area contributed by atoms with Crippen molar-refractivity contribution < 1.29 is 17.9 Å². The van der Waals surface area contributed by atoms with E-state index in [0.717, 1.165) is 10.6 Å². The number of ether oxygens (including phenoxy) is 1. The Bertz CT molecular complexity index is 1100. The van der Waals surface area contributed by atoms with Crippen molar-refractivity contribution in [3.05, 3.63) is 53.0 Å². The zero-order chi connectivity index (χ0) is 21.6. The SMILES string of the molecule is Cc1nc(Nc2cc(S(=O)(=O)c3ccccc3)cc(NCCCOC=O)n2)sc1C. The molecule has 2 heterocycles. The summed E-state index contributed by atoms with van der Waals surface area (Å²) in [4.78, 5) is 20.5. The highest BCUT2D eigenvalue weighted by Gasteiger charge is 2.20. The van der Waals surface area contributed by atoms with Gasteiger partial charge in [-0.25, -0.2) is 18.4 Å². The van der Waals surface area contributed by atoms with E-state index in [4.69, 9.17) is 0 Å². The highest BCUT2D eigenvalue weighted by Crippen LogP contribution is 2.29. The van der Waals surface area contributed by atoms with Crippen LogP contribution in [0.3, 0.4) is 0 Å². The highest BCUT2D eigenvalue weighted by molar-refractivity contribution is 7.91. The van der Waals surface area contributed by atoms with E-state index in [2.05, 4.69) is 25.3 Å². The molecule has 8 nitrogen and oxygen atoms in total. The molecule has 0 radical (unpaired) electrons. The summed E-state index contributed by atoms with van der Waals surface area (Å²) in [5, 5.41) is 6.82. The number of hydrogen-bond donors (Lipinski definition) is 2. The van der Waals surface area contributed by atoms with E-state index in [1.165, 1.54) is 23.5 Å². The summed E-state index contributed by atoms with van der Waals surface area (Å²) in [6, 6.07) is 11.2. The molecule has 158 valence electrons. The molecule has 0 unspecified atom stereocenters. The van der Waals surface area contributed by atoms with E-state index >= 15 is 0 Å². The number of thiazole rings is 1.